The van der Waals surface area contributed by atoms with Gasteiger partial charge in [0.1, 0.15) is 18.3 Å². The summed E-state index contributed by atoms with van der Waals surface area (Å²) in [6.07, 6.45) is 1.65. The van der Waals surface area contributed by atoms with Crippen LogP contribution in [0, 0.1) is 11.8 Å². The van der Waals surface area contributed by atoms with Crippen molar-refractivity contribution in [2.24, 2.45) is 17.6 Å². The van der Waals surface area contributed by atoms with Crippen LogP contribution in [0.25, 0.3) is 0 Å². The number of pyridine rings is 1. The molecule has 1 aliphatic rings. The second-order valence-corrected chi connectivity index (χ2v) is 13.8. The van der Waals surface area contributed by atoms with E-state index < -0.39 is 28.2 Å². The van der Waals surface area contributed by atoms with Crippen molar-refractivity contribution in [3.05, 3.63) is 53.6 Å². The summed E-state index contributed by atoms with van der Waals surface area (Å²) in [7, 11) is 2.28. The van der Waals surface area contributed by atoms with Gasteiger partial charge in [0, 0.05) is 31.5 Å². The molecule has 1 amide bonds. The first-order chi connectivity index (χ1) is 16.9. The molecule has 6 nitrogen and oxygen atoms in total. The molecule has 0 spiro atoms. The lowest BCUT2D eigenvalue weighted by atomic mass is 10.00. The Bertz CT molecular complexity index is 1140. The highest BCUT2D eigenvalue weighted by atomic mass is 32.2. The quantitative estimate of drug-likeness (QED) is 0.414. The summed E-state index contributed by atoms with van der Waals surface area (Å²) in [6.45, 7) is 6.59. The first kappa shape index (κ1) is 28.0. The SMILES string of the molecule is C=S(=C)(C(C)C)N(C)c1cc(C(=O)N[C@@H](Cc2ccccc2)[C@@H](N)CF)cc(N(C)CC2CC2C)n1. The Labute approximate surface area is 216 Å². The zero-order valence-electron chi connectivity index (χ0n) is 22.3. The van der Waals surface area contributed by atoms with Gasteiger partial charge in [-0.1, -0.05) is 62.8 Å². The molecule has 2 unspecified atom stereocenters. The first-order valence-corrected chi connectivity index (χ1v) is 14.5. The molecule has 1 heterocycles. The van der Waals surface area contributed by atoms with Crippen LogP contribution in [0.2, 0.25) is 0 Å². The lowest BCUT2D eigenvalue weighted by Gasteiger charge is -2.32. The molecule has 0 radical (unpaired) electrons. The van der Waals surface area contributed by atoms with Gasteiger partial charge < -0.3 is 20.3 Å². The van der Waals surface area contributed by atoms with E-state index in [0.717, 1.165) is 17.9 Å². The molecule has 1 saturated carbocycles. The Morgan fingerprint density at radius 1 is 1.22 bits per heavy atom. The van der Waals surface area contributed by atoms with Crippen LogP contribution in [-0.4, -0.2) is 67.3 Å². The van der Waals surface area contributed by atoms with Crippen LogP contribution in [0.1, 0.15) is 43.1 Å². The van der Waals surface area contributed by atoms with Crippen molar-refractivity contribution in [1.29, 1.82) is 0 Å². The van der Waals surface area contributed by atoms with E-state index >= 15 is 0 Å². The van der Waals surface area contributed by atoms with Crippen LogP contribution in [0.3, 0.4) is 0 Å². The van der Waals surface area contributed by atoms with Gasteiger partial charge in [-0.25, -0.2) is 9.37 Å². The average molecular weight is 516 g/mol. The van der Waals surface area contributed by atoms with E-state index in [1.165, 1.54) is 6.42 Å². The van der Waals surface area contributed by atoms with Crippen LogP contribution in [0.4, 0.5) is 16.0 Å². The number of anilines is 2. The number of nitrogens with zero attached hydrogens (tertiary/aromatic N) is 3. The minimum absolute atomic E-state index is 0.230. The van der Waals surface area contributed by atoms with Crippen molar-refractivity contribution in [3.63, 3.8) is 0 Å². The van der Waals surface area contributed by atoms with Gasteiger partial charge >= 0.3 is 0 Å². The van der Waals surface area contributed by atoms with Crippen molar-refractivity contribution in [1.82, 2.24) is 10.3 Å². The molecule has 0 bridgehead atoms. The number of amides is 1. The van der Waals surface area contributed by atoms with Gasteiger partial charge in [0.2, 0.25) is 0 Å². The average Bonchev–Trinajstić information content (AvgIpc) is 3.56. The number of alkyl halides is 1. The minimum Gasteiger partial charge on any atom is -0.359 e. The highest BCUT2D eigenvalue weighted by Crippen LogP contribution is 2.39. The second kappa shape index (κ2) is 11.6. The molecule has 8 heteroatoms. The Balaban J connectivity index is 1.93. The topological polar surface area (TPSA) is 74.5 Å². The van der Waals surface area contributed by atoms with Gasteiger partial charge in [-0.2, -0.15) is 0 Å². The van der Waals surface area contributed by atoms with Crippen LogP contribution >= 0.6 is 9.39 Å². The summed E-state index contributed by atoms with van der Waals surface area (Å²) in [6, 6.07) is 11.9. The summed E-state index contributed by atoms with van der Waals surface area (Å²) in [5.41, 5.74) is 7.53. The predicted octanol–water partition coefficient (Wildman–Crippen LogP) is 4.24. The van der Waals surface area contributed by atoms with E-state index in [-0.39, 0.29) is 11.2 Å². The summed E-state index contributed by atoms with van der Waals surface area (Å²) < 4.78 is 15.6. The number of carbonyl (C=O) groups is 1. The smallest absolute Gasteiger partial charge is 0.251 e. The standard InChI is InChI=1S/C28H42FN5OS/c1-19(2)36(6,7)34(5)27-16-22(15-26(32-27)33(4)18-23-13-20(23)3)28(35)31-25(24(30)17-29)14-21-11-9-8-10-12-21/h8-12,15-16,19-20,23-25H,6-7,13-14,17-18,30H2,1-5H3,(H,31,35)/t20?,23?,24-,25-/m0/s1. The lowest BCUT2D eigenvalue weighted by molar-refractivity contribution is 0.0928. The minimum atomic E-state index is -1.66. The number of nitrogens with two attached hydrogens (primary N) is 1. The second-order valence-electron chi connectivity index (χ2n) is 10.5. The van der Waals surface area contributed by atoms with Gasteiger partial charge in [0.15, 0.2) is 0 Å². The lowest BCUT2D eigenvalue weighted by Crippen LogP contribution is -2.50. The zero-order valence-corrected chi connectivity index (χ0v) is 23.1. The molecule has 4 atom stereocenters. The molecule has 198 valence electrons. The fourth-order valence-corrected chi connectivity index (χ4v) is 5.23. The largest absolute Gasteiger partial charge is 0.359 e. The molecular weight excluding hydrogens is 473 g/mol. The summed E-state index contributed by atoms with van der Waals surface area (Å²) >= 11 is 0. The van der Waals surface area contributed by atoms with E-state index in [9.17, 15) is 9.18 Å². The van der Waals surface area contributed by atoms with Crippen molar-refractivity contribution in [3.8, 4) is 0 Å². The van der Waals surface area contributed by atoms with E-state index in [2.05, 4.69) is 42.7 Å². The number of halogens is 1. The number of nitrogens with one attached hydrogen (secondary N) is 1. The third kappa shape index (κ3) is 6.79. The van der Waals surface area contributed by atoms with Crippen LogP contribution in [0.15, 0.2) is 42.5 Å². The van der Waals surface area contributed by atoms with Crippen LogP contribution < -0.4 is 20.3 Å². The Morgan fingerprint density at radius 2 is 1.83 bits per heavy atom. The predicted molar refractivity (Wildman–Crippen MR) is 156 cm³/mol. The normalized spacial score (nSPS) is 19.0. The van der Waals surface area contributed by atoms with Crippen LogP contribution in [-0.2, 0) is 6.42 Å². The maximum atomic E-state index is 13.6. The number of benzene rings is 1. The Hall–Kier alpha value is -2.58. The molecule has 2 aromatic rings. The number of hydrogen-bond donors (Lipinski definition) is 2. The molecule has 1 aromatic carbocycles. The number of rotatable bonds is 12. The molecule has 1 aromatic heterocycles. The molecule has 3 N–H and O–H groups in total. The fourth-order valence-electron chi connectivity index (χ4n) is 4.13. The third-order valence-corrected chi connectivity index (χ3v) is 10.3. The van der Waals surface area contributed by atoms with Gasteiger partial charge in [0.05, 0.1) is 12.1 Å². The highest BCUT2D eigenvalue weighted by molar-refractivity contribution is 8.29. The van der Waals surface area contributed by atoms with E-state index in [0.29, 0.717) is 29.6 Å². The number of aromatic nitrogens is 1. The maximum Gasteiger partial charge on any atom is 0.251 e. The monoisotopic (exact) mass is 515 g/mol. The van der Waals surface area contributed by atoms with Crippen molar-refractivity contribution < 1.29 is 9.18 Å². The van der Waals surface area contributed by atoms with E-state index in [4.69, 9.17) is 10.7 Å². The molecule has 1 fully saturated rings. The van der Waals surface area contributed by atoms with Crippen LogP contribution in [0.5, 0.6) is 0 Å². The van der Waals surface area contributed by atoms with Gasteiger partial charge in [-0.05, 0) is 42.4 Å². The number of hydrogen-bond acceptors (Lipinski definition) is 5. The first-order valence-electron chi connectivity index (χ1n) is 12.6. The molecule has 3 rings (SSSR count). The van der Waals surface area contributed by atoms with Crippen molar-refractivity contribution in [2.75, 3.05) is 36.5 Å². The summed E-state index contributed by atoms with van der Waals surface area (Å²) in [4.78, 5) is 20.5. The number of carbonyl (C=O) groups excluding carboxylic acids is 1. The molecule has 36 heavy (non-hydrogen) atoms. The molecule has 0 aliphatic heterocycles. The van der Waals surface area contributed by atoms with E-state index in [1.54, 1.807) is 12.1 Å². The van der Waals surface area contributed by atoms with Gasteiger partial charge in [0.25, 0.3) is 5.91 Å². The maximum absolute atomic E-state index is 13.6. The van der Waals surface area contributed by atoms with Gasteiger partial charge in [-0.15, -0.1) is 9.39 Å². The summed E-state index contributed by atoms with van der Waals surface area (Å²) in [5.74, 6) is 11.2. The molecule has 0 saturated heterocycles. The van der Waals surface area contributed by atoms with E-state index in [1.807, 2.05) is 48.7 Å². The highest BCUT2D eigenvalue weighted by Gasteiger charge is 2.34. The van der Waals surface area contributed by atoms with Gasteiger partial charge in [-0.3, -0.25) is 4.79 Å². The van der Waals surface area contributed by atoms with Crippen molar-refractivity contribution in [2.45, 2.75) is 50.9 Å². The Kier molecular flexibility index (Phi) is 9.06. The molecular formula is C28H42FN5OS. The fraction of sp³-hybridized carbons (Fsp3) is 0.500. The van der Waals surface area contributed by atoms with Crippen molar-refractivity contribution >= 4 is 38.7 Å². The zero-order chi connectivity index (χ0) is 26.6. The Morgan fingerprint density at radius 3 is 2.39 bits per heavy atom. The summed E-state index contributed by atoms with van der Waals surface area (Å²) in [5, 5.41) is 3.22. The third-order valence-electron chi connectivity index (χ3n) is 7.29. The molecule has 1 aliphatic carbocycles.